The second kappa shape index (κ2) is 11.3. The van der Waals surface area contributed by atoms with Crippen LogP contribution < -0.4 is 10.1 Å². The summed E-state index contributed by atoms with van der Waals surface area (Å²) >= 11 is 6.62. The molecule has 4 rings (SSSR count). The lowest BCUT2D eigenvalue weighted by Crippen LogP contribution is -2.36. The van der Waals surface area contributed by atoms with E-state index in [1.165, 1.54) is 18.2 Å². The number of amides is 3. The number of carbonyl (C=O) groups excluding carboxylic acids is 3. The zero-order valence-corrected chi connectivity index (χ0v) is 21.5. The third kappa shape index (κ3) is 6.40. The smallest absolute Gasteiger partial charge is 0.318 e. The Morgan fingerprint density at radius 1 is 1.08 bits per heavy atom. The average molecular weight is 569 g/mol. The van der Waals surface area contributed by atoms with Crippen LogP contribution in [0.4, 0.5) is 21.9 Å². The van der Waals surface area contributed by atoms with Gasteiger partial charge in [-0.15, -0.1) is 0 Å². The minimum atomic E-state index is -0.800. The molecule has 1 heterocycles. The van der Waals surface area contributed by atoms with E-state index in [9.17, 15) is 34.6 Å². The van der Waals surface area contributed by atoms with Gasteiger partial charge < -0.3 is 10.1 Å². The van der Waals surface area contributed by atoms with Gasteiger partial charge in [0, 0.05) is 16.8 Å². The van der Waals surface area contributed by atoms with Crippen molar-refractivity contribution in [3.8, 4) is 11.5 Å². The van der Waals surface area contributed by atoms with Gasteiger partial charge in [0.1, 0.15) is 12.3 Å². The number of carbonyl (C=O) groups is 3. The Balaban J connectivity index is 1.49. The molecular formula is C25H17ClN4O8S. The van der Waals surface area contributed by atoms with Crippen molar-refractivity contribution < 1.29 is 29.0 Å². The number of benzene rings is 3. The molecule has 14 heteroatoms. The summed E-state index contributed by atoms with van der Waals surface area (Å²) < 4.78 is 5.58. The van der Waals surface area contributed by atoms with Crippen molar-refractivity contribution in [2.45, 2.75) is 6.92 Å². The molecule has 1 N–H and O–H groups in total. The van der Waals surface area contributed by atoms with E-state index in [1.807, 2.05) is 0 Å². The van der Waals surface area contributed by atoms with Gasteiger partial charge in [0.2, 0.25) is 11.7 Å². The van der Waals surface area contributed by atoms with Crippen LogP contribution in [0.2, 0.25) is 5.02 Å². The average Bonchev–Trinajstić information content (AvgIpc) is 3.13. The molecule has 198 valence electrons. The number of non-ortho nitro benzene ring substituents is 1. The molecule has 1 fully saturated rings. The molecule has 0 atom stereocenters. The molecule has 3 aromatic rings. The zero-order valence-electron chi connectivity index (χ0n) is 20.0. The van der Waals surface area contributed by atoms with Crippen molar-refractivity contribution in [1.29, 1.82) is 0 Å². The molecule has 0 bridgehead atoms. The number of nitro groups is 2. The Morgan fingerprint density at radius 3 is 2.56 bits per heavy atom. The van der Waals surface area contributed by atoms with Crippen molar-refractivity contribution in [1.82, 2.24) is 4.90 Å². The maximum Gasteiger partial charge on any atom is 0.318 e. The number of hydrogen-bond donors (Lipinski definition) is 1. The second-order valence-electron chi connectivity index (χ2n) is 8.12. The quantitative estimate of drug-likeness (QED) is 0.197. The van der Waals surface area contributed by atoms with E-state index >= 15 is 0 Å². The van der Waals surface area contributed by atoms with Crippen LogP contribution in [0.3, 0.4) is 0 Å². The van der Waals surface area contributed by atoms with Gasteiger partial charge >= 0.3 is 5.69 Å². The van der Waals surface area contributed by atoms with Crippen molar-refractivity contribution >= 4 is 63.6 Å². The van der Waals surface area contributed by atoms with Gasteiger partial charge in [-0.2, -0.15) is 0 Å². The highest BCUT2D eigenvalue weighted by molar-refractivity contribution is 8.18. The summed E-state index contributed by atoms with van der Waals surface area (Å²) in [4.78, 5) is 59.5. The fourth-order valence-corrected chi connectivity index (χ4v) is 4.50. The van der Waals surface area contributed by atoms with Crippen LogP contribution in [-0.4, -0.2) is 38.3 Å². The van der Waals surface area contributed by atoms with Crippen LogP contribution in [0.5, 0.6) is 11.5 Å². The number of ether oxygens (including phenoxy) is 1. The van der Waals surface area contributed by atoms with E-state index < -0.39 is 44.8 Å². The van der Waals surface area contributed by atoms with Crippen LogP contribution in [-0.2, 0) is 9.59 Å². The van der Waals surface area contributed by atoms with Gasteiger partial charge in [-0.1, -0.05) is 29.8 Å². The first-order valence-corrected chi connectivity index (χ1v) is 12.2. The summed E-state index contributed by atoms with van der Waals surface area (Å²) in [6.45, 7) is 1.27. The van der Waals surface area contributed by atoms with Crippen LogP contribution in [0.25, 0.3) is 6.08 Å². The Morgan fingerprint density at radius 2 is 1.85 bits per heavy atom. The Hall–Kier alpha value is -4.75. The minimum Gasteiger partial charge on any atom is -0.450 e. The maximum atomic E-state index is 12.9. The summed E-state index contributed by atoms with van der Waals surface area (Å²) in [5.74, 6) is -1.32. The molecule has 3 amide bonds. The second-order valence-corrected chi connectivity index (χ2v) is 9.55. The fraction of sp³-hybridized carbons (Fsp3) is 0.0800. The summed E-state index contributed by atoms with van der Waals surface area (Å²) in [6, 6.07) is 14.1. The monoisotopic (exact) mass is 568 g/mol. The topological polar surface area (TPSA) is 162 Å². The number of nitrogens with zero attached hydrogens (tertiary/aromatic N) is 3. The summed E-state index contributed by atoms with van der Waals surface area (Å²) in [7, 11) is 0. The van der Waals surface area contributed by atoms with E-state index in [2.05, 4.69) is 5.32 Å². The molecule has 3 aromatic carbocycles. The first-order chi connectivity index (χ1) is 18.5. The highest BCUT2D eigenvalue weighted by Crippen LogP contribution is 2.36. The Labute approximate surface area is 229 Å². The van der Waals surface area contributed by atoms with Crippen LogP contribution in [0, 0.1) is 27.2 Å². The largest absolute Gasteiger partial charge is 0.450 e. The predicted molar refractivity (Wildman–Crippen MR) is 144 cm³/mol. The van der Waals surface area contributed by atoms with Crippen LogP contribution >= 0.6 is 23.4 Å². The number of anilines is 1. The van der Waals surface area contributed by atoms with E-state index in [-0.39, 0.29) is 16.4 Å². The summed E-state index contributed by atoms with van der Waals surface area (Å²) in [5, 5.41) is 24.7. The van der Waals surface area contributed by atoms with Gasteiger partial charge in [0.25, 0.3) is 16.8 Å². The van der Waals surface area contributed by atoms with Crippen molar-refractivity contribution in [3.63, 3.8) is 0 Å². The van der Waals surface area contributed by atoms with Gasteiger partial charge in [0.05, 0.1) is 20.8 Å². The standard InChI is InChI=1S/C25H17ClN4O8S/c1-14-5-6-16(26)11-19(14)27-23(31)13-28-24(32)22(39-25(28)33)10-15-3-2-4-18(9-15)38-21-8-7-17(29(34)35)12-20(21)30(36)37/h2-12H,13H2,1H3,(H,27,31)/b22-10+. The fourth-order valence-electron chi connectivity index (χ4n) is 3.49. The highest BCUT2D eigenvalue weighted by Gasteiger charge is 2.36. The van der Waals surface area contributed by atoms with Crippen molar-refractivity contribution in [2.24, 2.45) is 0 Å². The first-order valence-electron chi connectivity index (χ1n) is 11.0. The molecular weight excluding hydrogens is 552 g/mol. The third-order valence-electron chi connectivity index (χ3n) is 5.38. The Bertz CT molecular complexity index is 1580. The lowest BCUT2D eigenvalue weighted by atomic mass is 10.2. The molecule has 0 aromatic heterocycles. The van der Waals surface area contributed by atoms with Crippen LogP contribution in [0.15, 0.2) is 65.6 Å². The number of nitro benzene ring substituents is 2. The third-order valence-corrected chi connectivity index (χ3v) is 6.53. The van der Waals surface area contributed by atoms with Gasteiger partial charge in [0.15, 0.2) is 0 Å². The number of imide groups is 1. The lowest BCUT2D eigenvalue weighted by Gasteiger charge is -2.13. The van der Waals surface area contributed by atoms with Gasteiger partial charge in [-0.05, 0) is 66.2 Å². The normalized spacial score (nSPS) is 14.0. The van der Waals surface area contributed by atoms with Crippen molar-refractivity contribution in [3.05, 3.63) is 102 Å². The Kier molecular flexibility index (Phi) is 7.93. The molecule has 1 saturated heterocycles. The minimum absolute atomic E-state index is 0.0604. The number of nitrogens with one attached hydrogen (secondary N) is 1. The number of aryl methyl sites for hydroxylation is 1. The summed E-state index contributed by atoms with van der Waals surface area (Å²) in [5.41, 5.74) is 0.585. The predicted octanol–water partition coefficient (Wildman–Crippen LogP) is 5.93. The maximum absolute atomic E-state index is 12.9. The van der Waals surface area contributed by atoms with Crippen LogP contribution in [0.1, 0.15) is 11.1 Å². The number of thioether (sulfide) groups is 1. The van der Waals surface area contributed by atoms with E-state index in [4.69, 9.17) is 16.3 Å². The van der Waals surface area contributed by atoms with E-state index in [0.717, 1.165) is 28.7 Å². The molecule has 0 aliphatic carbocycles. The molecule has 0 unspecified atom stereocenters. The molecule has 12 nitrogen and oxygen atoms in total. The molecule has 0 saturated carbocycles. The lowest BCUT2D eigenvalue weighted by molar-refractivity contribution is -0.394. The van der Waals surface area contributed by atoms with E-state index in [1.54, 1.807) is 37.3 Å². The molecule has 39 heavy (non-hydrogen) atoms. The van der Waals surface area contributed by atoms with Gasteiger partial charge in [-0.25, -0.2) is 0 Å². The molecule has 1 aliphatic rings. The molecule has 1 aliphatic heterocycles. The van der Waals surface area contributed by atoms with E-state index in [0.29, 0.717) is 28.0 Å². The zero-order chi connectivity index (χ0) is 28.3. The van der Waals surface area contributed by atoms with Gasteiger partial charge in [-0.3, -0.25) is 39.5 Å². The molecule has 0 radical (unpaired) electrons. The summed E-state index contributed by atoms with van der Waals surface area (Å²) in [6.07, 6.45) is 1.42. The number of halogens is 1. The molecule has 0 spiro atoms. The number of hydrogen-bond acceptors (Lipinski definition) is 9. The first kappa shape index (κ1) is 27.3. The van der Waals surface area contributed by atoms with Crippen molar-refractivity contribution in [2.75, 3.05) is 11.9 Å². The SMILES string of the molecule is Cc1ccc(Cl)cc1NC(=O)CN1C(=O)S/C(=C/c2cccc(Oc3ccc([N+](=O)[O-])cc3[N+](=O)[O-])c2)C1=O. The highest BCUT2D eigenvalue weighted by atomic mass is 35.5. The number of rotatable bonds is 8.